The number of fused-ring (bicyclic) bond motifs is 2. The average molecular weight is 669 g/mol. The zero-order valence-electron chi connectivity index (χ0n) is 22.2. The number of carbonyl (C=O) groups excluding carboxylic acids is 2. The Morgan fingerprint density at radius 1 is 1.23 bits per heavy atom. The van der Waals surface area contributed by atoms with E-state index in [1.807, 2.05) is 10.1 Å². The van der Waals surface area contributed by atoms with Crippen LogP contribution >= 0.6 is 23.1 Å². The number of carboxylic acids is 1. The van der Waals surface area contributed by atoms with Gasteiger partial charge < -0.3 is 31.1 Å². The number of nitrogens with zero attached hydrogens (tertiary/aromatic N) is 5. The van der Waals surface area contributed by atoms with E-state index in [4.69, 9.17) is 14.7 Å². The number of aromatic nitrogens is 4. The van der Waals surface area contributed by atoms with Crippen LogP contribution in [-0.4, -0.2) is 108 Å². The topological polar surface area (TPSA) is 261 Å². The molecule has 0 saturated carbocycles. The third-order valence-corrected chi connectivity index (χ3v) is 10.1. The third-order valence-electron chi connectivity index (χ3n) is 7.04. The molecule has 3 aliphatic heterocycles. The minimum absolute atomic E-state index is 0.0575. The van der Waals surface area contributed by atoms with Crippen LogP contribution in [0.25, 0.3) is 11.2 Å². The number of thiophene rings is 1. The van der Waals surface area contributed by atoms with Crippen molar-refractivity contribution in [3.63, 3.8) is 0 Å². The molecule has 0 aliphatic carbocycles. The highest BCUT2D eigenvalue weighted by molar-refractivity contribution is 8.00. The first kappa shape index (κ1) is 30.2. The lowest BCUT2D eigenvalue weighted by molar-refractivity contribution is -0.150. The molecule has 6 atom stereocenters. The van der Waals surface area contributed by atoms with E-state index in [2.05, 4.69) is 20.3 Å². The molecule has 3 aromatic heterocycles. The summed E-state index contributed by atoms with van der Waals surface area (Å²) in [5, 5.41) is 34.6. The quantitative estimate of drug-likeness (QED) is 0.126. The summed E-state index contributed by atoms with van der Waals surface area (Å²) in [5.41, 5.74) is 5.28. The van der Waals surface area contributed by atoms with Crippen LogP contribution in [0, 0.1) is 0 Å². The number of aliphatic hydroxyl groups is 2. The SMILES string of the molecule is Nc1ncnc2c1ncn2[C@@H]1O[C@H](COS(=O)(=O)NC2=C(C(=O)O)N3C(=O)[C@@H](NC(=O)Cc4cccs4)[C@H]3SC2)[C@@H](O)[C@H]1O. The second-order valence-corrected chi connectivity index (χ2v) is 13.3. The Morgan fingerprint density at radius 3 is 2.75 bits per heavy atom. The van der Waals surface area contributed by atoms with E-state index in [1.165, 1.54) is 28.6 Å². The summed E-state index contributed by atoms with van der Waals surface area (Å²) in [6, 6.07) is 2.58. The van der Waals surface area contributed by atoms with E-state index >= 15 is 0 Å². The number of β-lactam (4-membered cyclic amide) rings is 1. The van der Waals surface area contributed by atoms with Crippen molar-refractivity contribution >= 4 is 68.2 Å². The van der Waals surface area contributed by atoms with Crippen molar-refractivity contribution in [2.24, 2.45) is 0 Å². The summed E-state index contributed by atoms with van der Waals surface area (Å²) >= 11 is 2.43. The minimum atomic E-state index is -4.70. The molecule has 0 bridgehead atoms. The maximum absolute atomic E-state index is 12.9. The highest BCUT2D eigenvalue weighted by Gasteiger charge is 2.54. The Bertz CT molecular complexity index is 1760. The first-order chi connectivity index (χ1) is 20.9. The van der Waals surface area contributed by atoms with E-state index < -0.39 is 76.3 Å². The molecule has 2 amide bonds. The predicted molar refractivity (Wildman–Crippen MR) is 151 cm³/mol. The monoisotopic (exact) mass is 668 g/mol. The van der Waals surface area contributed by atoms with Gasteiger partial charge in [0.1, 0.15) is 41.6 Å². The van der Waals surface area contributed by atoms with Crippen LogP contribution in [0.5, 0.6) is 0 Å². The van der Waals surface area contributed by atoms with Gasteiger partial charge in [-0.15, -0.1) is 23.1 Å². The molecule has 44 heavy (non-hydrogen) atoms. The van der Waals surface area contributed by atoms with E-state index in [-0.39, 0.29) is 34.9 Å². The lowest BCUT2D eigenvalue weighted by Crippen LogP contribution is -2.71. The van der Waals surface area contributed by atoms with Gasteiger partial charge in [-0.1, -0.05) is 6.07 Å². The summed E-state index contributed by atoms with van der Waals surface area (Å²) in [4.78, 5) is 51.0. The molecule has 234 valence electrons. The maximum Gasteiger partial charge on any atom is 0.359 e. The average Bonchev–Trinajstić information content (AvgIpc) is 3.71. The highest BCUT2D eigenvalue weighted by atomic mass is 32.2. The molecule has 7 N–H and O–H groups in total. The van der Waals surface area contributed by atoms with Crippen LogP contribution in [0.3, 0.4) is 0 Å². The minimum Gasteiger partial charge on any atom is -0.477 e. The van der Waals surface area contributed by atoms with Crippen LogP contribution < -0.4 is 15.8 Å². The van der Waals surface area contributed by atoms with Gasteiger partial charge in [0.05, 0.1) is 25.1 Å². The van der Waals surface area contributed by atoms with Crippen molar-refractivity contribution in [2.45, 2.75) is 42.4 Å². The number of ether oxygens (including phenoxy) is 1. The number of aliphatic carboxylic acids is 1. The zero-order valence-corrected chi connectivity index (χ0v) is 24.7. The van der Waals surface area contributed by atoms with Crippen LogP contribution in [0.15, 0.2) is 41.6 Å². The number of amides is 2. The standard InChI is InChI=1S/C23H24N8O10S3/c24-18-13-19(26-7-25-18)30(8-27-13)21-17(34)16(33)11(41-21)5-40-44(38,39)29-10-6-43-22-14(20(35)31(22)15(10)23(36)37)28-12(32)4-9-2-1-3-42-9/h1-3,7-8,11,14,16-17,21-22,29,33-34H,4-6H2,(H,28,32)(H,36,37)(H2,24,25,26)/t11-,14-,16-,17-,21-,22-/m1/s1. The summed E-state index contributed by atoms with van der Waals surface area (Å²) < 4.78 is 39.6. The molecule has 18 nitrogen and oxygen atoms in total. The fourth-order valence-electron chi connectivity index (χ4n) is 4.98. The first-order valence-corrected chi connectivity index (χ1v) is 16.1. The maximum atomic E-state index is 12.9. The number of aliphatic hydroxyl groups excluding tert-OH is 2. The van der Waals surface area contributed by atoms with Gasteiger partial charge in [0, 0.05) is 10.6 Å². The second-order valence-electron chi connectivity index (χ2n) is 9.81. The lowest BCUT2D eigenvalue weighted by Gasteiger charge is -2.49. The first-order valence-electron chi connectivity index (χ1n) is 12.8. The smallest absolute Gasteiger partial charge is 0.359 e. The molecular weight excluding hydrogens is 645 g/mol. The number of carboxylic acid groups (broad SMARTS) is 1. The Hall–Kier alpha value is -3.86. The molecule has 0 unspecified atom stereocenters. The van der Waals surface area contributed by atoms with Crippen molar-refractivity contribution in [1.82, 2.24) is 34.5 Å². The van der Waals surface area contributed by atoms with Gasteiger partial charge in [-0.2, -0.15) is 8.42 Å². The van der Waals surface area contributed by atoms with Gasteiger partial charge in [-0.3, -0.25) is 28.0 Å². The van der Waals surface area contributed by atoms with Gasteiger partial charge in [0.2, 0.25) is 5.91 Å². The fraction of sp³-hybridized carbons (Fsp3) is 0.391. The number of thioether (sulfide) groups is 1. The molecule has 3 aromatic rings. The van der Waals surface area contributed by atoms with E-state index in [9.17, 15) is 38.1 Å². The number of carbonyl (C=O) groups is 3. The van der Waals surface area contributed by atoms with Gasteiger partial charge >= 0.3 is 16.3 Å². The Morgan fingerprint density at radius 2 is 2.02 bits per heavy atom. The van der Waals surface area contributed by atoms with E-state index in [1.54, 1.807) is 12.1 Å². The normalized spacial score (nSPS) is 26.9. The van der Waals surface area contributed by atoms with Gasteiger partial charge in [0.25, 0.3) is 5.91 Å². The van der Waals surface area contributed by atoms with E-state index in [0.29, 0.717) is 0 Å². The largest absolute Gasteiger partial charge is 0.477 e. The summed E-state index contributed by atoms with van der Waals surface area (Å²) in [6.07, 6.45) is -3.18. The number of nitrogens with two attached hydrogens (primary N) is 1. The van der Waals surface area contributed by atoms with Crippen LogP contribution in [0.4, 0.5) is 5.82 Å². The molecule has 6 rings (SSSR count). The summed E-state index contributed by atoms with van der Waals surface area (Å²) in [7, 11) is -4.70. The number of nitrogens with one attached hydrogen (secondary N) is 2. The van der Waals surface area contributed by atoms with Crippen LogP contribution in [-0.2, 0) is 40.0 Å². The molecule has 21 heteroatoms. The molecule has 2 saturated heterocycles. The van der Waals surface area contributed by atoms with Gasteiger partial charge in [0.15, 0.2) is 23.4 Å². The molecule has 0 aromatic carbocycles. The molecule has 3 aliphatic rings. The molecule has 6 heterocycles. The number of hydrogen-bond donors (Lipinski definition) is 6. The van der Waals surface area contributed by atoms with Gasteiger partial charge in [-0.25, -0.2) is 19.7 Å². The Balaban J connectivity index is 1.10. The molecule has 2 fully saturated rings. The summed E-state index contributed by atoms with van der Waals surface area (Å²) in [6.45, 7) is -0.764. The second kappa shape index (κ2) is 11.6. The highest BCUT2D eigenvalue weighted by Crippen LogP contribution is 2.40. The molecule has 0 spiro atoms. The van der Waals surface area contributed by atoms with E-state index in [0.717, 1.165) is 21.5 Å². The fourth-order valence-corrected chi connectivity index (χ4v) is 7.90. The lowest BCUT2D eigenvalue weighted by atomic mass is 10.0. The van der Waals surface area contributed by atoms with Crippen molar-refractivity contribution in [1.29, 1.82) is 0 Å². The van der Waals surface area contributed by atoms with Crippen molar-refractivity contribution in [3.8, 4) is 0 Å². The van der Waals surface area contributed by atoms with Gasteiger partial charge in [-0.05, 0) is 11.4 Å². The van der Waals surface area contributed by atoms with Crippen LogP contribution in [0.2, 0.25) is 0 Å². The van der Waals surface area contributed by atoms with Crippen molar-refractivity contribution in [2.75, 3.05) is 18.1 Å². The zero-order chi connectivity index (χ0) is 31.3. The molecular formula is C23H24N8O10S3. The Labute approximate surface area is 256 Å². The van der Waals surface area contributed by atoms with Crippen molar-refractivity contribution in [3.05, 3.63) is 46.4 Å². The van der Waals surface area contributed by atoms with Crippen molar-refractivity contribution < 1.29 is 47.0 Å². The number of rotatable bonds is 10. The Kier molecular flexibility index (Phi) is 7.94. The number of imidazole rings is 1. The molecule has 0 radical (unpaired) electrons. The third kappa shape index (κ3) is 5.46. The number of hydrogen-bond acceptors (Lipinski definition) is 15. The summed E-state index contributed by atoms with van der Waals surface area (Å²) in [5.74, 6) is -2.78. The predicted octanol–water partition coefficient (Wildman–Crippen LogP) is -2.12. The number of nitrogen functional groups attached to an aromatic ring is 1. The van der Waals surface area contributed by atoms with Crippen LogP contribution in [0.1, 0.15) is 11.1 Å². The number of anilines is 1.